The predicted octanol–water partition coefficient (Wildman–Crippen LogP) is 2.82. The number of hydrogen-bond acceptors (Lipinski definition) is 2. The summed E-state index contributed by atoms with van der Waals surface area (Å²) in [6.07, 6.45) is 7.51. The Balaban J connectivity index is 2.07. The first kappa shape index (κ1) is 12.3. The molecule has 1 unspecified atom stereocenters. The van der Waals surface area contributed by atoms with Gasteiger partial charge in [-0.1, -0.05) is 26.8 Å². The molecule has 1 aliphatic rings. The molecule has 0 radical (unpaired) electrons. The van der Waals surface area contributed by atoms with Gasteiger partial charge in [0, 0.05) is 6.54 Å². The highest BCUT2D eigenvalue weighted by molar-refractivity contribution is 5.23. The van der Waals surface area contributed by atoms with Gasteiger partial charge in [-0.3, -0.25) is 0 Å². The molecule has 0 aromatic heterocycles. The van der Waals surface area contributed by atoms with Gasteiger partial charge in [0.2, 0.25) is 0 Å². The molecule has 0 amide bonds. The van der Waals surface area contributed by atoms with E-state index in [0.29, 0.717) is 5.92 Å². The van der Waals surface area contributed by atoms with E-state index < -0.39 is 0 Å². The first-order chi connectivity index (χ1) is 7.26. The summed E-state index contributed by atoms with van der Waals surface area (Å²) >= 11 is 0. The topological polar surface area (TPSA) is 12.5 Å². The highest BCUT2D eigenvalue weighted by Gasteiger charge is 2.05. The third-order valence-electron chi connectivity index (χ3n) is 2.77. The minimum atomic E-state index is 0.544. The maximum absolute atomic E-state index is 5.66. The van der Waals surface area contributed by atoms with Crippen LogP contribution in [-0.4, -0.2) is 31.1 Å². The summed E-state index contributed by atoms with van der Waals surface area (Å²) in [6, 6.07) is 0. The van der Waals surface area contributed by atoms with E-state index in [1.807, 2.05) is 0 Å². The average molecular weight is 209 g/mol. The molecule has 0 aromatic rings. The van der Waals surface area contributed by atoms with E-state index in [9.17, 15) is 0 Å². The first-order valence-corrected chi connectivity index (χ1v) is 6.01. The van der Waals surface area contributed by atoms with Crippen LogP contribution in [0.15, 0.2) is 24.0 Å². The highest BCUT2D eigenvalue weighted by atomic mass is 16.5. The fourth-order valence-corrected chi connectivity index (χ4v) is 1.73. The largest absolute Gasteiger partial charge is 0.494 e. The zero-order valence-corrected chi connectivity index (χ0v) is 10.2. The monoisotopic (exact) mass is 209 g/mol. The van der Waals surface area contributed by atoms with Crippen LogP contribution in [0.4, 0.5) is 0 Å². The van der Waals surface area contributed by atoms with Gasteiger partial charge >= 0.3 is 0 Å². The lowest BCUT2D eigenvalue weighted by molar-refractivity contribution is 0.195. The van der Waals surface area contributed by atoms with Crippen molar-refractivity contribution in [2.24, 2.45) is 5.92 Å². The third-order valence-corrected chi connectivity index (χ3v) is 2.77. The normalized spacial score (nSPS) is 19.7. The average Bonchev–Trinajstić information content (AvgIpc) is 2.65. The van der Waals surface area contributed by atoms with Crippen LogP contribution in [0.3, 0.4) is 0 Å². The smallest absolute Gasteiger partial charge is 0.115 e. The van der Waals surface area contributed by atoms with Gasteiger partial charge in [-0.25, -0.2) is 0 Å². The van der Waals surface area contributed by atoms with E-state index >= 15 is 0 Å². The Kier molecular flexibility index (Phi) is 5.48. The van der Waals surface area contributed by atoms with Crippen molar-refractivity contribution in [3.63, 3.8) is 0 Å². The molecule has 0 bridgehead atoms. The second kappa shape index (κ2) is 6.67. The Morgan fingerprint density at radius 2 is 2.07 bits per heavy atom. The second-order valence-corrected chi connectivity index (χ2v) is 4.02. The van der Waals surface area contributed by atoms with Crippen LogP contribution < -0.4 is 0 Å². The molecule has 15 heavy (non-hydrogen) atoms. The van der Waals surface area contributed by atoms with Gasteiger partial charge in [0.1, 0.15) is 5.76 Å². The molecular formula is C13H23NO. The minimum Gasteiger partial charge on any atom is -0.494 e. The molecule has 0 aliphatic heterocycles. The highest BCUT2D eigenvalue weighted by Crippen LogP contribution is 2.15. The van der Waals surface area contributed by atoms with Crippen molar-refractivity contribution in [1.82, 2.24) is 4.90 Å². The molecule has 2 heteroatoms. The van der Waals surface area contributed by atoms with E-state index in [2.05, 4.69) is 43.9 Å². The molecule has 1 aliphatic carbocycles. The van der Waals surface area contributed by atoms with Crippen LogP contribution >= 0.6 is 0 Å². The molecule has 86 valence electrons. The quantitative estimate of drug-likeness (QED) is 0.598. The zero-order valence-electron chi connectivity index (χ0n) is 10.2. The Hall–Kier alpha value is -0.760. The van der Waals surface area contributed by atoms with Crippen LogP contribution in [0.2, 0.25) is 0 Å². The fraction of sp³-hybridized carbons (Fsp3) is 0.692. The maximum atomic E-state index is 5.66. The molecule has 2 nitrogen and oxygen atoms in total. The van der Waals surface area contributed by atoms with Crippen LogP contribution in [0.25, 0.3) is 0 Å². The molecule has 0 heterocycles. The van der Waals surface area contributed by atoms with Gasteiger partial charge < -0.3 is 9.64 Å². The minimum absolute atomic E-state index is 0.544. The number of allylic oxidation sites excluding steroid dienone is 3. The van der Waals surface area contributed by atoms with E-state index in [4.69, 9.17) is 4.74 Å². The molecule has 0 fully saturated rings. The maximum Gasteiger partial charge on any atom is 0.115 e. The summed E-state index contributed by atoms with van der Waals surface area (Å²) in [5.74, 6) is 1.59. The first-order valence-electron chi connectivity index (χ1n) is 6.01. The molecule has 0 spiro atoms. The predicted molar refractivity (Wildman–Crippen MR) is 64.7 cm³/mol. The number of ether oxygens (including phenoxy) is 1. The molecule has 1 rings (SSSR count). The molecule has 0 N–H and O–H groups in total. The SMILES string of the molecule is CCN(CC)CCCOC1=CC(C)C=C1. The van der Waals surface area contributed by atoms with Gasteiger partial charge in [0.25, 0.3) is 0 Å². The summed E-state index contributed by atoms with van der Waals surface area (Å²) < 4.78 is 5.66. The summed E-state index contributed by atoms with van der Waals surface area (Å²) in [4.78, 5) is 2.42. The molecule has 0 saturated carbocycles. The number of nitrogens with zero attached hydrogens (tertiary/aromatic N) is 1. The Labute approximate surface area is 93.6 Å². The lowest BCUT2D eigenvalue weighted by atomic mass is 10.2. The number of rotatable bonds is 7. The molecule has 1 atom stereocenters. The summed E-state index contributed by atoms with van der Waals surface area (Å²) in [5, 5.41) is 0. The van der Waals surface area contributed by atoms with Crippen LogP contribution in [0.1, 0.15) is 27.2 Å². The molecular weight excluding hydrogens is 186 g/mol. The fourth-order valence-electron chi connectivity index (χ4n) is 1.73. The van der Waals surface area contributed by atoms with Crippen molar-refractivity contribution >= 4 is 0 Å². The van der Waals surface area contributed by atoms with Gasteiger partial charge in [-0.15, -0.1) is 0 Å². The third kappa shape index (κ3) is 4.52. The van der Waals surface area contributed by atoms with Crippen molar-refractivity contribution in [1.29, 1.82) is 0 Å². The summed E-state index contributed by atoms with van der Waals surface area (Å²) in [6.45, 7) is 10.8. The van der Waals surface area contributed by atoms with Crippen molar-refractivity contribution < 1.29 is 4.74 Å². The lowest BCUT2D eigenvalue weighted by Gasteiger charge is -2.17. The van der Waals surface area contributed by atoms with Crippen LogP contribution in [-0.2, 0) is 4.74 Å². The van der Waals surface area contributed by atoms with E-state index in [0.717, 1.165) is 38.4 Å². The Morgan fingerprint density at radius 3 is 2.60 bits per heavy atom. The summed E-state index contributed by atoms with van der Waals surface area (Å²) in [7, 11) is 0. The van der Waals surface area contributed by atoms with Gasteiger partial charge in [0.05, 0.1) is 6.61 Å². The van der Waals surface area contributed by atoms with Crippen molar-refractivity contribution in [2.75, 3.05) is 26.2 Å². The van der Waals surface area contributed by atoms with E-state index in [-0.39, 0.29) is 0 Å². The van der Waals surface area contributed by atoms with Crippen LogP contribution in [0, 0.1) is 5.92 Å². The van der Waals surface area contributed by atoms with Gasteiger partial charge in [0.15, 0.2) is 0 Å². The molecule has 0 saturated heterocycles. The van der Waals surface area contributed by atoms with Crippen molar-refractivity contribution in [3.05, 3.63) is 24.0 Å². The molecule has 0 aromatic carbocycles. The van der Waals surface area contributed by atoms with E-state index in [1.165, 1.54) is 0 Å². The summed E-state index contributed by atoms with van der Waals surface area (Å²) in [5.41, 5.74) is 0. The van der Waals surface area contributed by atoms with Gasteiger partial charge in [-0.2, -0.15) is 0 Å². The second-order valence-electron chi connectivity index (χ2n) is 4.02. The van der Waals surface area contributed by atoms with Gasteiger partial charge in [-0.05, 0) is 37.6 Å². The van der Waals surface area contributed by atoms with E-state index in [1.54, 1.807) is 0 Å². The lowest BCUT2D eigenvalue weighted by Crippen LogP contribution is -2.24. The standard InChI is InChI=1S/C13H23NO/c1-4-14(5-2)9-6-10-15-13-8-7-12(3)11-13/h7-8,11-12H,4-6,9-10H2,1-3H3. The zero-order chi connectivity index (χ0) is 11.1. The Morgan fingerprint density at radius 1 is 1.33 bits per heavy atom. The van der Waals surface area contributed by atoms with Crippen molar-refractivity contribution in [3.8, 4) is 0 Å². The van der Waals surface area contributed by atoms with Crippen molar-refractivity contribution in [2.45, 2.75) is 27.2 Å². The Bertz CT molecular complexity index is 229. The number of hydrogen-bond donors (Lipinski definition) is 0. The van der Waals surface area contributed by atoms with Crippen LogP contribution in [0.5, 0.6) is 0 Å².